The summed E-state index contributed by atoms with van der Waals surface area (Å²) in [5, 5.41) is 0. The molecule has 1 aromatic rings. The van der Waals surface area contributed by atoms with E-state index in [4.69, 9.17) is 10.5 Å². The summed E-state index contributed by atoms with van der Waals surface area (Å²) in [4.78, 5) is 0. The lowest BCUT2D eigenvalue weighted by atomic mass is 10.1. The molecule has 2 rings (SSSR count). The van der Waals surface area contributed by atoms with E-state index in [0.29, 0.717) is 26.1 Å². The average molecular weight is 285 g/mol. The standard InChI is InChI=1S/C12H19N3O3S/c1-15(8-4-7-13)19(16,17)14-11-9-18-12-6-3-2-5-10(11)12/h2-3,5-6,11,14H,4,7-9,13H2,1H3. The lowest BCUT2D eigenvalue weighted by molar-refractivity contribution is 0.321. The minimum absolute atomic E-state index is 0.323. The van der Waals surface area contributed by atoms with Gasteiger partial charge < -0.3 is 10.5 Å². The average Bonchev–Trinajstić information content (AvgIpc) is 2.79. The minimum Gasteiger partial charge on any atom is -0.491 e. The molecule has 0 saturated carbocycles. The number of nitrogens with zero attached hydrogens (tertiary/aromatic N) is 1. The summed E-state index contributed by atoms with van der Waals surface area (Å²) in [7, 11) is -1.97. The van der Waals surface area contributed by atoms with Crippen molar-refractivity contribution in [2.24, 2.45) is 5.73 Å². The van der Waals surface area contributed by atoms with E-state index in [1.54, 1.807) is 7.05 Å². The third-order valence-electron chi connectivity index (χ3n) is 3.08. The summed E-state index contributed by atoms with van der Waals surface area (Å²) >= 11 is 0. The lowest BCUT2D eigenvalue weighted by Gasteiger charge is -2.20. The van der Waals surface area contributed by atoms with Crippen molar-refractivity contribution < 1.29 is 13.2 Å². The van der Waals surface area contributed by atoms with Crippen molar-refractivity contribution in [1.82, 2.24) is 9.03 Å². The molecule has 0 aliphatic carbocycles. The van der Waals surface area contributed by atoms with Gasteiger partial charge in [-0.3, -0.25) is 0 Å². The molecule has 0 amide bonds. The fraction of sp³-hybridized carbons (Fsp3) is 0.500. The molecule has 0 fully saturated rings. The first-order valence-corrected chi connectivity index (χ1v) is 7.64. The highest BCUT2D eigenvalue weighted by atomic mass is 32.2. The van der Waals surface area contributed by atoms with Crippen LogP contribution >= 0.6 is 0 Å². The van der Waals surface area contributed by atoms with Gasteiger partial charge in [0.25, 0.3) is 10.2 Å². The molecule has 19 heavy (non-hydrogen) atoms. The second kappa shape index (κ2) is 5.87. The number of fused-ring (bicyclic) bond motifs is 1. The molecule has 106 valence electrons. The van der Waals surface area contributed by atoms with Crippen molar-refractivity contribution in [3.8, 4) is 5.75 Å². The number of rotatable bonds is 6. The van der Waals surface area contributed by atoms with Crippen LogP contribution in [0.2, 0.25) is 0 Å². The minimum atomic E-state index is -3.51. The molecule has 0 bridgehead atoms. The van der Waals surface area contributed by atoms with E-state index in [9.17, 15) is 8.42 Å². The normalized spacial score (nSPS) is 18.4. The number of hydrogen-bond donors (Lipinski definition) is 2. The predicted octanol–water partition coefficient (Wildman–Crippen LogP) is 0.235. The number of ether oxygens (including phenoxy) is 1. The van der Waals surface area contributed by atoms with E-state index in [2.05, 4.69) is 4.72 Å². The first kappa shape index (κ1) is 14.3. The van der Waals surface area contributed by atoms with Gasteiger partial charge in [0.2, 0.25) is 0 Å². The molecule has 6 nitrogen and oxygen atoms in total. The topological polar surface area (TPSA) is 84.7 Å². The van der Waals surface area contributed by atoms with Gasteiger partial charge in [0.15, 0.2) is 0 Å². The summed E-state index contributed by atoms with van der Waals surface area (Å²) in [6, 6.07) is 7.11. The summed E-state index contributed by atoms with van der Waals surface area (Å²) in [5.74, 6) is 0.736. The van der Waals surface area contributed by atoms with Crippen molar-refractivity contribution in [1.29, 1.82) is 0 Å². The van der Waals surface area contributed by atoms with Crippen LogP contribution in [0.4, 0.5) is 0 Å². The largest absolute Gasteiger partial charge is 0.491 e. The van der Waals surface area contributed by atoms with E-state index in [0.717, 1.165) is 11.3 Å². The van der Waals surface area contributed by atoms with Gasteiger partial charge in [-0.2, -0.15) is 17.4 Å². The van der Waals surface area contributed by atoms with Crippen LogP contribution in [0.3, 0.4) is 0 Å². The number of para-hydroxylation sites is 1. The third kappa shape index (κ3) is 3.24. The highest BCUT2D eigenvalue weighted by Crippen LogP contribution is 2.32. The quantitative estimate of drug-likeness (QED) is 0.784. The van der Waals surface area contributed by atoms with E-state index in [1.807, 2.05) is 24.3 Å². The Bertz CT molecular complexity index is 533. The van der Waals surface area contributed by atoms with Crippen LogP contribution in [0, 0.1) is 0 Å². The van der Waals surface area contributed by atoms with Crippen molar-refractivity contribution in [2.45, 2.75) is 12.5 Å². The van der Waals surface area contributed by atoms with Crippen LogP contribution in [0.15, 0.2) is 24.3 Å². The summed E-state index contributed by atoms with van der Waals surface area (Å²) in [6.45, 7) is 1.19. The SMILES string of the molecule is CN(CCCN)S(=O)(=O)NC1COc2ccccc21. The Morgan fingerprint density at radius 1 is 1.47 bits per heavy atom. The Balaban J connectivity index is 2.06. The van der Waals surface area contributed by atoms with Crippen LogP contribution in [0.5, 0.6) is 5.75 Å². The molecule has 1 heterocycles. The zero-order chi connectivity index (χ0) is 13.9. The third-order valence-corrected chi connectivity index (χ3v) is 4.66. The summed E-state index contributed by atoms with van der Waals surface area (Å²) in [5.41, 5.74) is 6.26. The molecule has 0 aromatic heterocycles. The molecule has 0 spiro atoms. The monoisotopic (exact) mass is 285 g/mol. The van der Waals surface area contributed by atoms with Crippen LogP contribution < -0.4 is 15.2 Å². The predicted molar refractivity (Wildman–Crippen MR) is 73.0 cm³/mol. The smallest absolute Gasteiger partial charge is 0.279 e. The van der Waals surface area contributed by atoms with E-state index >= 15 is 0 Å². The summed E-state index contributed by atoms with van der Waals surface area (Å²) < 4.78 is 33.6. The highest BCUT2D eigenvalue weighted by molar-refractivity contribution is 7.87. The Morgan fingerprint density at radius 3 is 2.95 bits per heavy atom. The van der Waals surface area contributed by atoms with Gasteiger partial charge >= 0.3 is 0 Å². The molecule has 1 atom stereocenters. The molecule has 1 aromatic carbocycles. The van der Waals surface area contributed by atoms with Crippen molar-refractivity contribution in [2.75, 3.05) is 26.7 Å². The van der Waals surface area contributed by atoms with Crippen LogP contribution in [-0.2, 0) is 10.2 Å². The first-order chi connectivity index (χ1) is 9.04. The zero-order valence-corrected chi connectivity index (χ0v) is 11.7. The molecule has 1 aliphatic rings. The maximum atomic E-state index is 12.1. The Morgan fingerprint density at radius 2 is 2.21 bits per heavy atom. The first-order valence-electron chi connectivity index (χ1n) is 6.20. The van der Waals surface area contributed by atoms with Gasteiger partial charge in [-0.25, -0.2) is 0 Å². The summed E-state index contributed by atoms with van der Waals surface area (Å²) in [6.07, 6.45) is 0.634. The maximum absolute atomic E-state index is 12.1. The number of nitrogens with one attached hydrogen (secondary N) is 1. The molecule has 1 unspecified atom stereocenters. The van der Waals surface area contributed by atoms with Gasteiger partial charge in [-0.05, 0) is 19.0 Å². The lowest BCUT2D eigenvalue weighted by Crippen LogP contribution is -2.41. The van der Waals surface area contributed by atoms with E-state index < -0.39 is 10.2 Å². The molecule has 0 saturated heterocycles. The molecular weight excluding hydrogens is 266 g/mol. The fourth-order valence-electron chi connectivity index (χ4n) is 1.96. The number of nitrogens with two attached hydrogens (primary N) is 1. The van der Waals surface area contributed by atoms with Gasteiger partial charge in [-0.1, -0.05) is 18.2 Å². The van der Waals surface area contributed by atoms with E-state index in [-0.39, 0.29) is 6.04 Å². The zero-order valence-electron chi connectivity index (χ0n) is 10.9. The molecule has 1 aliphatic heterocycles. The van der Waals surface area contributed by atoms with Crippen LogP contribution in [-0.4, -0.2) is 39.5 Å². The molecular formula is C12H19N3O3S. The Hall–Kier alpha value is -1.15. The molecule has 0 radical (unpaired) electrons. The Kier molecular flexibility index (Phi) is 4.41. The number of hydrogen-bond acceptors (Lipinski definition) is 4. The van der Waals surface area contributed by atoms with Gasteiger partial charge in [-0.15, -0.1) is 0 Å². The van der Waals surface area contributed by atoms with Crippen molar-refractivity contribution in [3.05, 3.63) is 29.8 Å². The second-order valence-electron chi connectivity index (χ2n) is 4.49. The Labute approximate surface area is 113 Å². The maximum Gasteiger partial charge on any atom is 0.279 e. The van der Waals surface area contributed by atoms with Crippen LogP contribution in [0.25, 0.3) is 0 Å². The van der Waals surface area contributed by atoms with Gasteiger partial charge in [0.05, 0.1) is 6.04 Å². The highest BCUT2D eigenvalue weighted by Gasteiger charge is 2.29. The van der Waals surface area contributed by atoms with Gasteiger partial charge in [0.1, 0.15) is 12.4 Å². The number of benzene rings is 1. The molecule has 3 N–H and O–H groups in total. The fourth-order valence-corrected chi connectivity index (χ4v) is 3.07. The van der Waals surface area contributed by atoms with Crippen molar-refractivity contribution in [3.63, 3.8) is 0 Å². The van der Waals surface area contributed by atoms with Gasteiger partial charge in [0, 0.05) is 19.2 Å². The molecule has 7 heteroatoms. The van der Waals surface area contributed by atoms with Crippen molar-refractivity contribution >= 4 is 10.2 Å². The second-order valence-corrected chi connectivity index (χ2v) is 6.30. The van der Waals surface area contributed by atoms with Crippen LogP contribution in [0.1, 0.15) is 18.0 Å². The van der Waals surface area contributed by atoms with E-state index in [1.165, 1.54) is 4.31 Å².